The fraction of sp³-hybridized carbons (Fsp3) is 0.917. The van der Waals surface area contributed by atoms with Crippen molar-refractivity contribution in [3.63, 3.8) is 0 Å². The third kappa shape index (κ3) is 37.5. The van der Waals surface area contributed by atoms with Crippen molar-refractivity contribution in [3.8, 4) is 0 Å². The fourth-order valence-electron chi connectivity index (χ4n) is 7.43. The van der Waals surface area contributed by atoms with E-state index in [2.05, 4.69) is 38.2 Å². The van der Waals surface area contributed by atoms with Crippen molar-refractivity contribution in [2.75, 3.05) is 6.61 Å². The zero-order chi connectivity index (χ0) is 39.6. The van der Waals surface area contributed by atoms with Crippen LogP contribution >= 0.6 is 0 Å². The van der Waals surface area contributed by atoms with Gasteiger partial charge in [-0.25, -0.2) is 0 Å². The number of aliphatic hydroxyl groups excluding tert-OH is 2. The van der Waals surface area contributed by atoms with Gasteiger partial charge in [0.2, 0.25) is 5.91 Å². The molecule has 1 amide bonds. The van der Waals surface area contributed by atoms with Gasteiger partial charge < -0.3 is 20.3 Å². The second kappa shape index (κ2) is 42.7. The van der Waals surface area contributed by atoms with Crippen LogP contribution in [0.3, 0.4) is 0 Å². The first-order valence-electron chi connectivity index (χ1n) is 23.9. The predicted molar refractivity (Wildman–Crippen MR) is 232 cm³/mol. The molecule has 0 rings (SSSR count). The van der Waals surface area contributed by atoms with Gasteiger partial charge in [0.05, 0.1) is 25.2 Å². The highest BCUT2D eigenvalue weighted by atomic mass is 16.5. The van der Waals surface area contributed by atoms with Gasteiger partial charge in [-0.15, -0.1) is 0 Å². The van der Waals surface area contributed by atoms with Crippen LogP contribution in [0.1, 0.15) is 258 Å². The second-order valence-corrected chi connectivity index (χ2v) is 16.5. The first-order chi connectivity index (χ1) is 26.5. The van der Waals surface area contributed by atoms with E-state index in [4.69, 9.17) is 4.74 Å². The smallest absolute Gasteiger partial charge is 0.306 e. The van der Waals surface area contributed by atoms with Crippen molar-refractivity contribution in [2.45, 2.75) is 277 Å². The average molecular weight is 764 g/mol. The summed E-state index contributed by atoms with van der Waals surface area (Å²) in [7, 11) is 0. The Kier molecular flexibility index (Phi) is 41.6. The Bertz CT molecular complexity index is 817. The Hall–Kier alpha value is -1.40. The Balaban J connectivity index is 4.35. The number of carbonyl (C=O) groups excluding carboxylic acids is 2. The van der Waals surface area contributed by atoms with Crippen molar-refractivity contribution >= 4 is 11.9 Å². The quantitative estimate of drug-likeness (QED) is 0.0326. The van der Waals surface area contributed by atoms with E-state index < -0.39 is 18.2 Å². The van der Waals surface area contributed by atoms with Crippen molar-refractivity contribution in [3.05, 3.63) is 12.2 Å². The molecule has 3 atom stereocenters. The van der Waals surface area contributed by atoms with Gasteiger partial charge in [-0.3, -0.25) is 9.59 Å². The number of hydrogen-bond acceptors (Lipinski definition) is 5. The summed E-state index contributed by atoms with van der Waals surface area (Å²) in [6.45, 7) is 6.43. The van der Waals surface area contributed by atoms with Gasteiger partial charge in [0, 0.05) is 6.42 Å². The summed E-state index contributed by atoms with van der Waals surface area (Å²) in [6.07, 6.45) is 45.7. The molecular weight excluding hydrogens is 671 g/mol. The Morgan fingerprint density at radius 1 is 0.519 bits per heavy atom. The van der Waals surface area contributed by atoms with Crippen molar-refractivity contribution in [1.82, 2.24) is 5.32 Å². The molecule has 0 aliphatic rings. The molecule has 0 radical (unpaired) electrons. The number of amides is 1. The number of nitrogens with one attached hydrogen (secondary N) is 1. The Morgan fingerprint density at radius 2 is 0.889 bits per heavy atom. The maximum Gasteiger partial charge on any atom is 0.306 e. The van der Waals surface area contributed by atoms with Gasteiger partial charge in [0.1, 0.15) is 6.10 Å². The monoisotopic (exact) mass is 764 g/mol. The number of esters is 1. The molecule has 6 nitrogen and oxygen atoms in total. The number of carbonyl (C=O) groups is 2. The van der Waals surface area contributed by atoms with Crippen LogP contribution in [0.15, 0.2) is 12.2 Å². The summed E-state index contributed by atoms with van der Waals surface area (Å²) < 4.78 is 5.87. The molecule has 0 spiro atoms. The first-order valence-corrected chi connectivity index (χ1v) is 23.9. The summed E-state index contributed by atoms with van der Waals surface area (Å²) in [5, 5.41) is 23.6. The van der Waals surface area contributed by atoms with Crippen molar-refractivity contribution < 1.29 is 24.5 Å². The number of allylic oxidation sites excluding steroid dienone is 2. The highest BCUT2D eigenvalue weighted by molar-refractivity contribution is 5.77. The number of hydrogen-bond donors (Lipinski definition) is 3. The predicted octanol–water partition coefficient (Wildman–Crippen LogP) is 13.8. The topological polar surface area (TPSA) is 95.9 Å². The molecular formula is C48H93NO5. The van der Waals surface area contributed by atoms with Gasteiger partial charge in [0.15, 0.2) is 0 Å². The van der Waals surface area contributed by atoms with E-state index in [0.717, 1.165) is 51.4 Å². The molecule has 0 aliphatic heterocycles. The lowest BCUT2D eigenvalue weighted by Crippen LogP contribution is -2.46. The summed E-state index contributed by atoms with van der Waals surface area (Å²) in [5.74, 6) is -0.478. The summed E-state index contributed by atoms with van der Waals surface area (Å²) in [6, 6.07) is -0.694. The molecule has 0 heterocycles. The highest BCUT2D eigenvalue weighted by Crippen LogP contribution is 2.18. The van der Waals surface area contributed by atoms with Gasteiger partial charge in [-0.1, -0.05) is 206 Å². The third-order valence-corrected chi connectivity index (χ3v) is 11.1. The summed E-state index contributed by atoms with van der Waals surface area (Å²) in [5.41, 5.74) is 0. The first kappa shape index (κ1) is 52.6. The normalized spacial score (nSPS) is 13.4. The van der Waals surface area contributed by atoms with Crippen LogP contribution in [0.2, 0.25) is 0 Å². The molecule has 54 heavy (non-hydrogen) atoms. The third-order valence-electron chi connectivity index (χ3n) is 11.1. The second-order valence-electron chi connectivity index (χ2n) is 16.5. The molecule has 3 N–H and O–H groups in total. The lowest BCUT2D eigenvalue weighted by molar-refractivity contribution is -0.151. The van der Waals surface area contributed by atoms with Crippen LogP contribution < -0.4 is 5.32 Å². The maximum atomic E-state index is 13.1. The molecule has 0 fully saturated rings. The van der Waals surface area contributed by atoms with Crippen molar-refractivity contribution in [1.29, 1.82) is 0 Å². The SMILES string of the molecule is CCCCC/C=C\CCCCCCCC(=O)OC(CCCCCCCCC)CC(=O)NC(CO)C(O)CCCCCCCCCCCCCCCCCC. The van der Waals surface area contributed by atoms with Crippen LogP contribution in [0.4, 0.5) is 0 Å². The van der Waals surface area contributed by atoms with Crippen molar-refractivity contribution in [2.24, 2.45) is 0 Å². The Morgan fingerprint density at radius 3 is 1.35 bits per heavy atom. The zero-order valence-electron chi connectivity index (χ0n) is 36.4. The lowest BCUT2D eigenvalue weighted by Gasteiger charge is -2.24. The minimum absolute atomic E-state index is 0.0792. The molecule has 0 aromatic carbocycles. The fourth-order valence-corrected chi connectivity index (χ4v) is 7.43. The van der Waals surface area contributed by atoms with E-state index in [1.807, 2.05) is 0 Å². The molecule has 0 bridgehead atoms. The molecule has 320 valence electrons. The highest BCUT2D eigenvalue weighted by Gasteiger charge is 2.24. The van der Waals surface area contributed by atoms with E-state index in [9.17, 15) is 19.8 Å². The van der Waals surface area contributed by atoms with Crippen LogP contribution in [0, 0.1) is 0 Å². The van der Waals surface area contributed by atoms with Crippen LogP contribution in [0.5, 0.6) is 0 Å². The maximum absolute atomic E-state index is 13.1. The van der Waals surface area contributed by atoms with E-state index >= 15 is 0 Å². The van der Waals surface area contributed by atoms with E-state index in [1.165, 1.54) is 161 Å². The van der Waals surface area contributed by atoms with Crippen LogP contribution in [0.25, 0.3) is 0 Å². The molecule has 0 saturated carbocycles. The molecule has 0 aliphatic carbocycles. The largest absolute Gasteiger partial charge is 0.462 e. The Labute approximate surface area is 336 Å². The molecule has 0 saturated heterocycles. The van der Waals surface area contributed by atoms with Crippen LogP contribution in [-0.4, -0.2) is 46.9 Å². The van der Waals surface area contributed by atoms with E-state index in [0.29, 0.717) is 19.3 Å². The lowest BCUT2D eigenvalue weighted by atomic mass is 10.0. The average Bonchev–Trinajstić information content (AvgIpc) is 3.16. The summed E-state index contributed by atoms with van der Waals surface area (Å²) >= 11 is 0. The minimum atomic E-state index is -0.781. The molecule has 0 aromatic heterocycles. The molecule has 3 unspecified atom stereocenters. The number of rotatable bonds is 43. The number of aliphatic hydroxyl groups is 2. The van der Waals surface area contributed by atoms with Gasteiger partial charge in [-0.2, -0.15) is 0 Å². The van der Waals surface area contributed by atoms with Gasteiger partial charge in [-0.05, 0) is 51.4 Å². The minimum Gasteiger partial charge on any atom is -0.462 e. The van der Waals surface area contributed by atoms with Crippen LogP contribution in [-0.2, 0) is 14.3 Å². The van der Waals surface area contributed by atoms with Gasteiger partial charge in [0.25, 0.3) is 0 Å². The zero-order valence-corrected chi connectivity index (χ0v) is 36.4. The number of unbranched alkanes of at least 4 members (excludes halogenated alkanes) is 29. The summed E-state index contributed by atoms with van der Waals surface area (Å²) in [4.78, 5) is 25.9. The molecule has 6 heteroatoms. The van der Waals surface area contributed by atoms with E-state index in [1.54, 1.807) is 0 Å². The standard InChI is InChI=1S/C48H93NO5/c1-4-7-10-13-16-18-20-22-23-24-25-26-28-31-34-37-40-46(51)45(43-50)49-47(52)42-44(39-36-33-30-15-12-9-6-3)54-48(53)41-38-35-32-29-27-21-19-17-14-11-8-5-2/h17,19,44-46,50-51H,4-16,18,20-43H2,1-3H3,(H,49,52)/b19-17-. The van der Waals surface area contributed by atoms with E-state index in [-0.39, 0.29) is 24.9 Å². The number of ether oxygens (including phenoxy) is 1. The van der Waals surface area contributed by atoms with Gasteiger partial charge >= 0.3 is 5.97 Å². The molecule has 0 aromatic rings.